The summed E-state index contributed by atoms with van der Waals surface area (Å²) in [4.78, 5) is 8.75. The lowest BCUT2D eigenvalue weighted by molar-refractivity contribution is 0.581. The third-order valence-corrected chi connectivity index (χ3v) is 4.98. The zero-order valence-electron chi connectivity index (χ0n) is 14.6. The summed E-state index contributed by atoms with van der Waals surface area (Å²) in [6, 6.07) is 11.2. The normalized spacial score (nSPS) is 11.1. The van der Waals surface area contributed by atoms with Crippen LogP contribution in [0.3, 0.4) is 0 Å². The fraction of sp³-hybridized carbons (Fsp3) is 0.100. The summed E-state index contributed by atoms with van der Waals surface area (Å²) in [5, 5.41) is 4.11. The fourth-order valence-electron chi connectivity index (χ4n) is 3.18. The van der Waals surface area contributed by atoms with Gasteiger partial charge in [0.2, 0.25) is 0 Å². The number of hydrogen-bond acceptors (Lipinski definition) is 3. The molecule has 2 heterocycles. The lowest BCUT2D eigenvalue weighted by atomic mass is 10.2. The minimum atomic E-state index is -0.634. The summed E-state index contributed by atoms with van der Waals surface area (Å²) >= 11 is 3.45. The Bertz CT molecular complexity index is 1150. The number of aromatic nitrogens is 3. The molecule has 0 aliphatic heterocycles. The van der Waals surface area contributed by atoms with Crippen molar-refractivity contribution in [1.82, 2.24) is 14.5 Å². The number of rotatable bonds is 3. The van der Waals surface area contributed by atoms with Crippen LogP contribution in [0.1, 0.15) is 11.3 Å². The first-order valence-corrected chi connectivity index (χ1v) is 9.05. The standard InChI is InChI=1S/C20H15BrF2N4/c1-11-12(2)27(17-8-14(22)7-15(23)9-17)20-18(11)19(24-10-25-20)26-16-5-3-4-13(21)6-16/h3-10H,1-2H3,(H,24,25,26). The second-order valence-electron chi connectivity index (χ2n) is 6.23. The summed E-state index contributed by atoms with van der Waals surface area (Å²) in [5.74, 6) is -0.634. The van der Waals surface area contributed by atoms with Crippen LogP contribution in [0.15, 0.2) is 53.3 Å². The van der Waals surface area contributed by atoms with Gasteiger partial charge in [-0.2, -0.15) is 0 Å². The summed E-state index contributed by atoms with van der Waals surface area (Å²) in [6.45, 7) is 3.84. The minimum Gasteiger partial charge on any atom is -0.340 e. The van der Waals surface area contributed by atoms with Crippen molar-refractivity contribution in [3.63, 3.8) is 0 Å². The Morgan fingerprint density at radius 2 is 1.74 bits per heavy atom. The maximum atomic E-state index is 13.8. The summed E-state index contributed by atoms with van der Waals surface area (Å²) in [6.07, 6.45) is 1.44. The molecule has 0 bridgehead atoms. The molecule has 0 saturated heterocycles. The van der Waals surface area contributed by atoms with Gasteiger partial charge < -0.3 is 5.32 Å². The molecule has 0 aliphatic rings. The van der Waals surface area contributed by atoms with Gasteiger partial charge in [0.15, 0.2) is 5.65 Å². The molecule has 4 aromatic rings. The van der Waals surface area contributed by atoms with E-state index in [9.17, 15) is 8.78 Å². The van der Waals surface area contributed by atoms with Crippen LogP contribution >= 0.6 is 15.9 Å². The molecule has 7 heteroatoms. The molecule has 0 fully saturated rings. The predicted molar refractivity (Wildman–Crippen MR) is 106 cm³/mol. The van der Waals surface area contributed by atoms with Crippen LogP contribution in [-0.4, -0.2) is 14.5 Å². The van der Waals surface area contributed by atoms with Gasteiger partial charge in [0.05, 0.1) is 11.1 Å². The number of fused-ring (bicyclic) bond motifs is 1. The highest BCUT2D eigenvalue weighted by Gasteiger charge is 2.18. The third kappa shape index (κ3) is 3.19. The van der Waals surface area contributed by atoms with Crippen molar-refractivity contribution in [3.8, 4) is 5.69 Å². The van der Waals surface area contributed by atoms with E-state index in [2.05, 4.69) is 31.2 Å². The molecule has 4 nitrogen and oxygen atoms in total. The van der Waals surface area contributed by atoms with Crippen LogP contribution in [-0.2, 0) is 0 Å². The third-order valence-electron chi connectivity index (χ3n) is 4.49. The Hall–Kier alpha value is -2.80. The molecule has 0 radical (unpaired) electrons. The van der Waals surface area contributed by atoms with E-state index in [4.69, 9.17) is 0 Å². The fourth-order valence-corrected chi connectivity index (χ4v) is 3.58. The van der Waals surface area contributed by atoms with Crippen LogP contribution in [0.5, 0.6) is 0 Å². The number of benzene rings is 2. The Morgan fingerprint density at radius 1 is 1.00 bits per heavy atom. The topological polar surface area (TPSA) is 42.7 Å². The summed E-state index contributed by atoms with van der Waals surface area (Å²) < 4.78 is 30.2. The number of nitrogens with zero attached hydrogens (tertiary/aromatic N) is 3. The Balaban J connectivity index is 1.92. The maximum Gasteiger partial charge on any atom is 0.150 e. The SMILES string of the molecule is Cc1c(C)n(-c2cc(F)cc(F)c2)c2ncnc(Nc3cccc(Br)c3)c12. The summed E-state index contributed by atoms with van der Waals surface area (Å²) in [5.41, 5.74) is 3.62. The molecule has 2 aromatic carbocycles. The molecule has 1 N–H and O–H groups in total. The van der Waals surface area contributed by atoms with Crippen LogP contribution < -0.4 is 5.32 Å². The number of halogens is 3. The summed E-state index contributed by atoms with van der Waals surface area (Å²) in [7, 11) is 0. The van der Waals surface area contributed by atoms with E-state index in [0.29, 0.717) is 17.2 Å². The molecule has 27 heavy (non-hydrogen) atoms. The lowest BCUT2D eigenvalue weighted by Gasteiger charge is -2.09. The zero-order chi connectivity index (χ0) is 19.1. The molecule has 0 atom stereocenters. The van der Waals surface area contributed by atoms with Crippen LogP contribution in [0, 0.1) is 25.5 Å². The van der Waals surface area contributed by atoms with Crippen LogP contribution in [0.4, 0.5) is 20.3 Å². The van der Waals surface area contributed by atoms with E-state index >= 15 is 0 Å². The van der Waals surface area contributed by atoms with Gasteiger partial charge in [-0.05, 0) is 49.7 Å². The van der Waals surface area contributed by atoms with Gasteiger partial charge in [0.25, 0.3) is 0 Å². The largest absolute Gasteiger partial charge is 0.340 e. The smallest absolute Gasteiger partial charge is 0.150 e. The van der Waals surface area contributed by atoms with Gasteiger partial charge in [-0.25, -0.2) is 18.7 Å². The molecule has 0 aliphatic carbocycles. The van der Waals surface area contributed by atoms with Crippen molar-refractivity contribution in [3.05, 3.63) is 76.2 Å². The molecule has 0 spiro atoms. The van der Waals surface area contributed by atoms with Crippen molar-refractivity contribution >= 4 is 38.5 Å². The maximum absolute atomic E-state index is 13.8. The van der Waals surface area contributed by atoms with Gasteiger partial charge in [-0.1, -0.05) is 22.0 Å². The molecular weight excluding hydrogens is 414 g/mol. The average molecular weight is 429 g/mol. The lowest BCUT2D eigenvalue weighted by Crippen LogP contribution is -2.01. The van der Waals surface area contributed by atoms with Crippen molar-refractivity contribution in [2.45, 2.75) is 13.8 Å². The monoisotopic (exact) mass is 428 g/mol. The van der Waals surface area contributed by atoms with E-state index in [-0.39, 0.29) is 0 Å². The quantitative estimate of drug-likeness (QED) is 0.446. The molecule has 136 valence electrons. The molecule has 0 saturated carbocycles. The number of anilines is 2. The minimum absolute atomic E-state index is 0.384. The van der Waals surface area contributed by atoms with Crippen LogP contribution in [0.25, 0.3) is 16.7 Å². The van der Waals surface area contributed by atoms with Crippen molar-refractivity contribution in [1.29, 1.82) is 0 Å². The second-order valence-corrected chi connectivity index (χ2v) is 7.15. The highest BCUT2D eigenvalue weighted by molar-refractivity contribution is 9.10. The van der Waals surface area contributed by atoms with E-state index < -0.39 is 11.6 Å². The Morgan fingerprint density at radius 3 is 2.44 bits per heavy atom. The second kappa shape index (κ2) is 6.74. The molecule has 4 rings (SSSR count). The molecular formula is C20H15BrF2N4. The number of nitrogens with one attached hydrogen (secondary N) is 1. The van der Waals surface area contributed by atoms with E-state index in [1.165, 1.54) is 18.5 Å². The Kier molecular flexibility index (Phi) is 4.39. The zero-order valence-corrected chi connectivity index (χ0v) is 16.2. The van der Waals surface area contributed by atoms with Gasteiger partial charge in [-0.3, -0.25) is 4.57 Å². The highest BCUT2D eigenvalue weighted by atomic mass is 79.9. The van der Waals surface area contributed by atoms with Gasteiger partial charge in [0.1, 0.15) is 23.8 Å². The van der Waals surface area contributed by atoms with E-state index in [1.54, 1.807) is 4.57 Å². The highest BCUT2D eigenvalue weighted by Crippen LogP contribution is 2.33. The first-order valence-electron chi connectivity index (χ1n) is 8.25. The molecule has 0 amide bonds. The Labute approximate surface area is 163 Å². The van der Waals surface area contributed by atoms with Crippen molar-refractivity contribution in [2.24, 2.45) is 0 Å². The van der Waals surface area contributed by atoms with Gasteiger partial charge in [-0.15, -0.1) is 0 Å². The average Bonchev–Trinajstić information content (AvgIpc) is 2.86. The van der Waals surface area contributed by atoms with Gasteiger partial charge in [0, 0.05) is 21.9 Å². The van der Waals surface area contributed by atoms with Crippen molar-refractivity contribution < 1.29 is 8.78 Å². The molecule has 0 unspecified atom stereocenters. The predicted octanol–water partition coefficient (Wildman–Crippen LogP) is 5.82. The van der Waals surface area contributed by atoms with E-state index in [0.717, 1.165) is 32.9 Å². The van der Waals surface area contributed by atoms with Gasteiger partial charge >= 0.3 is 0 Å². The van der Waals surface area contributed by atoms with Crippen molar-refractivity contribution in [2.75, 3.05) is 5.32 Å². The molecule has 2 aromatic heterocycles. The first-order chi connectivity index (χ1) is 12.9. The number of aryl methyl sites for hydroxylation is 1. The van der Waals surface area contributed by atoms with Crippen LogP contribution in [0.2, 0.25) is 0 Å². The van der Waals surface area contributed by atoms with E-state index in [1.807, 2.05) is 38.1 Å². The first kappa shape index (κ1) is 17.6. The number of hydrogen-bond donors (Lipinski definition) is 1.